The molecule has 3 rings (SSSR count). The van der Waals surface area contributed by atoms with Crippen molar-refractivity contribution in [1.29, 1.82) is 0 Å². The summed E-state index contributed by atoms with van der Waals surface area (Å²) >= 11 is 6.26. The third-order valence-electron chi connectivity index (χ3n) is 6.30. The molecular formula is C29H34ClN3O5S. The molecule has 0 saturated carbocycles. The smallest absolute Gasteiger partial charge is 0.264 e. The number of aryl methyl sites for hydroxylation is 1. The molecule has 0 spiro atoms. The molecule has 1 atom stereocenters. The summed E-state index contributed by atoms with van der Waals surface area (Å²) in [7, 11) is -2.59. The minimum atomic E-state index is -4.16. The van der Waals surface area contributed by atoms with Gasteiger partial charge in [0.25, 0.3) is 10.0 Å². The molecule has 0 heterocycles. The summed E-state index contributed by atoms with van der Waals surface area (Å²) in [6.45, 7) is 5.35. The maximum absolute atomic E-state index is 14.0. The van der Waals surface area contributed by atoms with Crippen LogP contribution in [0.3, 0.4) is 0 Å². The summed E-state index contributed by atoms with van der Waals surface area (Å²) in [5.41, 5.74) is 1.68. The highest BCUT2D eigenvalue weighted by atomic mass is 35.5. The van der Waals surface area contributed by atoms with Gasteiger partial charge in [0, 0.05) is 18.1 Å². The van der Waals surface area contributed by atoms with Crippen molar-refractivity contribution in [2.24, 2.45) is 0 Å². The molecule has 3 aromatic carbocycles. The van der Waals surface area contributed by atoms with E-state index in [0.717, 1.165) is 9.87 Å². The highest BCUT2D eigenvalue weighted by Crippen LogP contribution is 2.30. The Morgan fingerprint density at radius 2 is 1.67 bits per heavy atom. The Labute approximate surface area is 235 Å². The Kier molecular flexibility index (Phi) is 10.4. The van der Waals surface area contributed by atoms with E-state index in [2.05, 4.69) is 5.32 Å². The second kappa shape index (κ2) is 13.5. The number of nitrogens with one attached hydrogen (secondary N) is 1. The normalized spacial score (nSPS) is 11.9. The van der Waals surface area contributed by atoms with E-state index in [1.165, 1.54) is 23.1 Å². The first-order chi connectivity index (χ1) is 18.6. The van der Waals surface area contributed by atoms with Crippen LogP contribution in [0.1, 0.15) is 31.4 Å². The fourth-order valence-corrected chi connectivity index (χ4v) is 5.88. The van der Waals surface area contributed by atoms with E-state index >= 15 is 0 Å². The van der Waals surface area contributed by atoms with Crippen molar-refractivity contribution in [3.05, 3.63) is 88.9 Å². The molecule has 0 aromatic heterocycles. The van der Waals surface area contributed by atoms with Crippen LogP contribution in [-0.4, -0.2) is 51.4 Å². The zero-order chi connectivity index (χ0) is 28.6. The number of methoxy groups -OCH3 is 1. The zero-order valence-electron chi connectivity index (χ0n) is 22.6. The summed E-state index contributed by atoms with van der Waals surface area (Å²) < 4.78 is 34.1. The molecule has 0 bridgehead atoms. The van der Waals surface area contributed by atoms with Gasteiger partial charge in [0.1, 0.15) is 18.3 Å². The first kappa shape index (κ1) is 30.0. The summed E-state index contributed by atoms with van der Waals surface area (Å²) in [5, 5.41) is 3.12. The molecular weight excluding hydrogens is 538 g/mol. The Balaban J connectivity index is 2.08. The van der Waals surface area contributed by atoms with Gasteiger partial charge in [-0.2, -0.15) is 0 Å². The molecule has 208 valence electrons. The van der Waals surface area contributed by atoms with Crippen molar-refractivity contribution in [1.82, 2.24) is 10.2 Å². The Hall–Kier alpha value is -3.56. The average molecular weight is 572 g/mol. The second-order valence-corrected chi connectivity index (χ2v) is 11.2. The van der Waals surface area contributed by atoms with Crippen LogP contribution in [0.5, 0.6) is 5.75 Å². The molecule has 0 radical (unpaired) electrons. The predicted octanol–water partition coefficient (Wildman–Crippen LogP) is 4.80. The molecule has 0 aliphatic carbocycles. The van der Waals surface area contributed by atoms with E-state index in [-0.39, 0.29) is 23.0 Å². The predicted molar refractivity (Wildman–Crippen MR) is 153 cm³/mol. The van der Waals surface area contributed by atoms with Gasteiger partial charge in [-0.05, 0) is 67.8 Å². The fraction of sp³-hybridized carbons (Fsp3) is 0.310. The van der Waals surface area contributed by atoms with E-state index in [4.69, 9.17) is 16.3 Å². The number of carbonyl (C=O) groups is 2. The average Bonchev–Trinajstić information content (AvgIpc) is 2.93. The van der Waals surface area contributed by atoms with Crippen molar-refractivity contribution in [3.63, 3.8) is 0 Å². The van der Waals surface area contributed by atoms with Gasteiger partial charge in [0.15, 0.2) is 0 Å². The number of benzene rings is 3. The molecule has 0 fully saturated rings. The van der Waals surface area contributed by atoms with Gasteiger partial charge in [-0.1, -0.05) is 54.9 Å². The van der Waals surface area contributed by atoms with Crippen LogP contribution in [0.2, 0.25) is 5.02 Å². The molecule has 0 aliphatic heterocycles. The molecule has 39 heavy (non-hydrogen) atoms. The summed E-state index contributed by atoms with van der Waals surface area (Å²) in [6.07, 6.45) is 0.343. The van der Waals surface area contributed by atoms with Crippen LogP contribution in [0.4, 0.5) is 5.69 Å². The number of likely N-dealkylation sites (N-methyl/N-ethyl adjacent to an activating group) is 1. The van der Waals surface area contributed by atoms with Gasteiger partial charge in [0.2, 0.25) is 11.8 Å². The molecule has 1 N–H and O–H groups in total. The lowest BCUT2D eigenvalue weighted by Gasteiger charge is -2.33. The van der Waals surface area contributed by atoms with Crippen molar-refractivity contribution >= 4 is 39.1 Å². The third kappa shape index (κ3) is 7.30. The van der Waals surface area contributed by atoms with E-state index in [0.29, 0.717) is 29.3 Å². The maximum atomic E-state index is 14.0. The third-order valence-corrected chi connectivity index (χ3v) is 8.31. The zero-order valence-corrected chi connectivity index (χ0v) is 24.1. The molecule has 10 heteroatoms. The molecule has 2 amide bonds. The lowest BCUT2D eigenvalue weighted by atomic mass is 10.1. The van der Waals surface area contributed by atoms with Crippen molar-refractivity contribution < 1.29 is 22.7 Å². The van der Waals surface area contributed by atoms with E-state index in [1.54, 1.807) is 63.4 Å². The minimum Gasteiger partial charge on any atom is -0.497 e. The van der Waals surface area contributed by atoms with Crippen LogP contribution < -0.4 is 14.4 Å². The molecule has 0 unspecified atom stereocenters. The van der Waals surface area contributed by atoms with E-state index < -0.39 is 28.5 Å². The standard InChI is InChI=1S/C29H34ClN3O5S/c1-5-26(29(35)31-6-2)32(19-22-13-16-24(38-4)17-14-22)28(34)20-33(27-18-23(30)15-12-21(27)3)39(36,37)25-10-8-7-9-11-25/h7-18,26H,5-6,19-20H2,1-4H3,(H,31,35)/t26-/m0/s1. The van der Waals surface area contributed by atoms with Crippen LogP contribution in [0.15, 0.2) is 77.7 Å². The van der Waals surface area contributed by atoms with Gasteiger partial charge in [0.05, 0.1) is 17.7 Å². The number of halogens is 1. The van der Waals surface area contributed by atoms with Crippen molar-refractivity contribution in [3.8, 4) is 5.75 Å². The summed E-state index contributed by atoms with van der Waals surface area (Å²) in [6, 6.07) is 19.2. The van der Waals surface area contributed by atoms with Gasteiger partial charge in [-0.15, -0.1) is 0 Å². The molecule has 3 aromatic rings. The van der Waals surface area contributed by atoms with E-state index in [9.17, 15) is 18.0 Å². The monoisotopic (exact) mass is 571 g/mol. The fourth-order valence-electron chi connectivity index (χ4n) is 4.22. The Bertz CT molecular complexity index is 1380. The van der Waals surface area contributed by atoms with Gasteiger partial charge in [-0.3, -0.25) is 13.9 Å². The summed E-state index contributed by atoms with van der Waals surface area (Å²) in [4.78, 5) is 28.5. The highest BCUT2D eigenvalue weighted by Gasteiger charge is 2.34. The number of ether oxygens (including phenoxy) is 1. The number of amides is 2. The Morgan fingerprint density at radius 3 is 2.26 bits per heavy atom. The van der Waals surface area contributed by atoms with Gasteiger partial charge < -0.3 is 15.0 Å². The lowest BCUT2D eigenvalue weighted by Crippen LogP contribution is -2.52. The topological polar surface area (TPSA) is 96.0 Å². The summed E-state index contributed by atoms with van der Waals surface area (Å²) in [5.74, 6) is -0.176. The molecule has 0 aliphatic rings. The van der Waals surface area contributed by atoms with E-state index in [1.807, 2.05) is 19.1 Å². The minimum absolute atomic E-state index is 0.0367. The molecule has 0 saturated heterocycles. The second-order valence-electron chi connectivity index (χ2n) is 8.94. The van der Waals surface area contributed by atoms with Crippen LogP contribution in [0, 0.1) is 6.92 Å². The maximum Gasteiger partial charge on any atom is 0.264 e. The molecule has 8 nitrogen and oxygen atoms in total. The number of hydrogen-bond acceptors (Lipinski definition) is 5. The number of hydrogen-bond donors (Lipinski definition) is 1. The first-order valence-corrected chi connectivity index (χ1v) is 14.5. The lowest BCUT2D eigenvalue weighted by molar-refractivity contribution is -0.140. The highest BCUT2D eigenvalue weighted by molar-refractivity contribution is 7.92. The van der Waals surface area contributed by atoms with Crippen LogP contribution in [-0.2, 0) is 26.2 Å². The Morgan fingerprint density at radius 1 is 1.00 bits per heavy atom. The largest absolute Gasteiger partial charge is 0.497 e. The number of sulfonamides is 1. The SMILES string of the molecule is CCNC(=O)[C@H](CC)N(Cc1ccc(OC)cc1)C(=O)CN(c1cc(Cl)ccc1C)S(=O)(=O)c1ccccc1. The first-order valence-electron chi connectivity index (χ1n) is 12.7. The van der Waals surface area contributed by atoms with Gasteiger partial charge in [-0.25, -0.2) is 8.42 Å². The number of rotatable bonds is 12. The van der Waals surface area contributed by atoms with Crippen LogP contribution >= 0.6 is 11.6 Å². The van der Waals surface area contributed by atoms with Crippen molar-refractivity contribution in [2.75, 3.05) is 24.5 Å². The number of nitrogens with zero attached hydrogens (tertiary/aromatic N) is 2. The quantitative estimate of drug-likeness (QED) is 0.337. The van der Waals surface area contributed by atoms with Crippen LogP contribution in [0.25, 0.3) is 0 Å². The number of carbonyl (C=O) groups excluding carboxylic acids is 2. The van der Waals surface area contributed by atoms with Crippen molar-refractivity contribution in [2.45, 2.75) is 44.7 Å². The number of anilines is 1. The van der Waals surface area contributed by atoms with Gasteiger partial charge >= 0.3 is 0 Å².